The summed E-state index contributed by atoms with van der Waals surface area (Å²) in [6, 6.07) is 0. The van der Waals surface area contributed by atoms with Crippen molar-refractivity contribution in [3.63, 3.8) is 0 Å². The second-order valence-electron chi connectivity index (χ2n) is 3.23. The minimum atomic E-state index is 0.648. The predicted octanol–water partition coefficient (Wildman–Crippen LogP) is 1.15. The Bertz CT molecular complexity index is 238. The number of rotatable bonds is 8. The molecule has 1 N–H and O–H groups in total. The predicted molar refractivity (Wildman–Crippen MR) is 56.5 cm³/mol. The zero-order chi connectivity index (χ0) is 10.9. The van der Waals surface area contributed by atoms with E-state index in [4.69, 9.17) is 9.26 Å². The van der Waals surface area contributed by atoms with Crippen molar-refractivity contribution in [2.45, 2.75) is 33.2 Å². The molecule has 0 fully saturated rings. The molecule has 0 saturated heterocycles. The molecule has 0 aliphatic carbocycles. The molecule has 15 heavy (non-hydrogen) atoms. The average Bonchev–Trinajstić information content (AvgIpc) is 2.67. The van der Waals surface area contributed by atoms with Crippen LogP contribution in [0, 0.1) is 0 Å². The van der Waals surface area contributed by atoms with Gasteiger partial charge < -0.3 is 14.6 Å². The zero-order valence-corrected chi connectivity index (χ0v) is 9.45. The van der Waals surface area contributed by atoms with Gasteiger partial charge in [-0.25, -0.2) is 0 Å². The molecule has 0 amide bonds. The molecule has 5 nitrogen and oxygen atoms in total. The quantitative estimate of drug-likeness (QED) is 0.656. The van der Waals surface area contributed by atoms with Crippen LogP contribution in [0.5, 0.6) is 0 Å². The van der Waals surface area contributed by atoms with Crippen LogP contribution >= 0.6 is 0 Å². The number of nitrogens with one attached hydrogen (secondary N) is 1. The van der Waals surface area contributed by atoms with Crippen molar-refractivity contribution in [3.8, 4) is 0 Å². The highest BCUT2D eigenvalue weighted by Gasteiger charge is 2.04. The summed E-state index contributed by atoms with van der Waals surface area (Å²) in [6.07, 6.45) is 1.82. The highest BCUT2D eigenvalue weighted by Crippen LogP contribution is 1.98. The van der Waals surface area contributed by atoms with Crippen molar-refractivity contribution in [2.24, 2.45) is 0 Å². The largest absolute Gasteiger partial charge is 0.381 e. The average molecular weight is 213 g/mol. The van der Waals surface area contributed by atoms with E-state index in [1.807, 2.05) is 6.92 Å². The summed E-state index contributed by atoms with van der Waals surface area (Å²) in [5, 5.41) is 7.07. The van der Waals surface area contributed by atoms with E-state index in [0.717, 1.165) is 25.4 Å². The van der Waals surface area contributed by atoms with Crippen LogP contribution in [-0.4, -0.2) is 29.9 Å². The summed E-state index contributed by atoms with van der Waals surface area (Å²) in [7, 11) is 0. The molecule has 1 rings (SSSR count). The second-order valence-corrected chi connectivity index (χ2v) is 3.23. The molecule has 1 heterocycles. The Hall–Kier alpha value is -0.940. The van der Waals surface area contributed by atoms with Gasteiger partial charge in [-0.3, -0.25) is 0 Å². The minimum Gasteiger partial charge on any atom is -0.381 e. The van der Waals surface area contributed by atoms with Crippen molar-refractivity contribution in [2.75, 3.05) is 19.8 Å². The van der Waals surface area contributed by atoms with E-state index in [0.29, 0.717) is 25.5 Å². The molecule has 1 aromatic rings. The van der Waals surface area contributed by atoms with Crippen LogP contribution in [0.25, 0.3) is 0 Å². The van der Waals surface area contributed by atoms with Crippen LogP contribution < -0.4 is 5.32 Å². The topological polar surface area (TPSA) is 60.2 Å². The molecule has 0 unspecified atom stereocenters. The SMILES string of the molecule is CCCNCc1nc(CCOCC)no1. The van der Waals surface area contributed by atoms with Crippen LogP contribution in [0.1, 0.15) is 32.0 Å². The van der Waals surface area contributed by atoms with Gasteiger partial charge in [-0.2, -0.15) is 4.98 Å². The van der Waals surface area contributed by atoms with Gasteiger partial charge >= 0.3 is 0 Å². The number of hydrogen-bond acceptors (Lipinski definition) is 5. The fourth-order valence-corrected chi connectivity index (χ4v) is 1.14. The first-order valence-electron chi connectivity index (χ1n) is 5.46. The molecular weight excluding hydrogens is 194 g/mol. The summed E-state index contributed by atoms with van der Waals surface area (Å²) in [5.41, 5.74) is 0. The van der Waals surface area contributed by atoms with Gasteiger partial charge in [0.2, 0.25) is 5.89 Å². The van der Waals surface area contributed by atoms with Crippen molar-refractivity contribution in [1.29, 1.82) is 0 Å². The van der Waals surface area contributed by atoms with E-state index in [-0.39, 0.29) is 0 Å². The van der Waals surface area contributed by atoms with Crippen LogP contribution in [-0.2, 0) is 17.7 Å². The lowest BCUT2D eigenvalue weighted by Gasteiger charge is -1.96. The van der Waals surface area contributed by atoms with E-state index in [1.54, 1.807) is 0 Å². The number of aromatic nitrogens is 2. The third kappa shape index (κ3) is 4.90. The van der Waals surface area contributed by atoms with Gasteiger partial charge in [0.05, 0.1) is 13.2 Å². The van der Waals surface area contributed by atoms with E-state index >= 15 is 0 Å². The third-order valence-electron chi connectivity index (χ3n) is 1.89. The molecule has 86 valence electrons. The fourth-order valence-electron chi connectivity index (χ4n) is 1.14. The first kappa shape index (κ1) is 12.1. The number of ether oxygens (including phenoxy) is 1. The molecule has 0 aliphatic heterocycles. The summed E-state index contributed by atoms with van der Waals surface area (Å²) < 4.78 is 10.3. The molecule has 0 bridgehead atoms. The monoisotopic (exact) mass is 213 g/mol. The van der Waals surface area contributed by atoms with Gasteiger partial charge in [0.1, 0.15) is 0 Å². The van der Waals surface area contributed by atoms with Crippen LogP contribution in [0.15, 0.2) is 4.52 Å². The van der Waals surface area contributed by atoms with Gasteiger partial charge in [0.15, 0.2) is 5.82 Å². The van der Waals surface area contributed by atoms with Crippen LogP contribution in [0.2, 0.25) is 0 Å². The second kappa shape index (κ2) is 7.36. The van der Waals surface area contributed by atoms with Gasteiger partial charge in [0, 0.05) is 13.0 Å². The van der Waals surface area contributed by atoms with Crippen LogP contribution in [0.3, 0.4) is 0 Å². The van der Waals surface area contributed by atoms with Gasteiger partial charge in [-0.1, -0.05) is 12.1 Å². The minimum absolute atomic E-state index is 0.648. The standard InChI is InChI=1S/C10H19N3O2/c1-3-6-11-8-10-12-9(13-15-10)5-7-14-4-2/h11H,3-8H2,1-2H3. The molecular formula is C10H19N3O2. The Kier molecular flexibility index (Phi) is 5.96. The van der Waals surface area contributed by atoms with E-state index in [2.05, 4.69) is 22.4 Å². The van der Waals surface area contributed by atoms with Crippen molar-refractivity contribution < 1.29 is 9.26 Å². The third-order valence-corrected chi connectivity index (χ3v) is 1.89. The summed E-state index contributed by atoms with van der Waals surface area (Å²) in [4.78, 5) is 4.23. The van der Waals surface area contributed by atoms with E-state index in [9.17, 15) is 0 Å². The molecule has 5 heteroatoms. The van der Waals surface area contributed by atoms with Crippen molar-refractivity contribution >= 4 is 0 Å². The van der Waals surface area contributed by atoms with Gasteiger partial charge in [-0.15, -0.1) is 0 Å². The normalized spacial score (nSPS) is 10.8. The molecule has 0 spiro atoms. The number of nitrogens with zero attached hydrogens (tertiary/aromatic N) is 2. The Labute approximate surface area is 90.2 Å². The first-order valence-corrected chi connectivity index (χ1v) is 5.46. The lowest BCUT2D eigenvalue weighted by Crippen LogP contribution is -2.14. The maximum absolute atomic E-state index is 5.21. The Balaban J connectivity index is 2.23. The maximum Gasteiger partial charge on any atom is 0.240 e. The summed E-state index contributed by atoms with van der Waals surface area (Å²) in [5.74, 6) is 1.37. The fraction of sp³-hybridized carbons (Fsp3) is 0.800. The molecule has 1 aromatic heterocycles. The van der Waals surface area contributed by atoms with Crippen molar-refractivity contribution in [3.05, 3.63) is 11.7 Å². The first-order chi connectivity index (χ1) is 7.36. The van der Waals surface area contributed by atoms with E-state index < -0.39 is 0 Å². The molecule has 0 aromatic carbocycles. The van der Waals surface area contributed by atoms with Gasteiger partial charge in [-0.05, 0) is 19.9 Å². The highest BCUT2D eigenvalue weighted by atomic mass is 16.5. The lowest BCUT2D eigenvalue weighted by molar-refractivity contribution is 0.149. The zero-order valence-electron chi connectivity index (χ0n) is 9.45. The maximum atomic E-state index is 5.21. The molecule has 0 aliphatic rings. The molecule has 0 atom stereocenters. The molecule has 0 saturated carbocycles. The molecule has 0 radical (unpaired) electrons. The van der Waals surface area contributed by atoms with Crippen LogP contribution in [0.4, 0.5) is 0 Å². The Morgan fingerprint density at radius 1 is 1.40 bits per heavy atom. The van der Waals surface area contributed by atoms with E-state index in [1.165, 1.54) is 0 Å². The smallest absolute Gasteiger partial charge is 0.240 e. The lowest BCUT2D eigenvalue weighted by atomic mass is 10.4. The Morgan fingerprint density at radius 2 is 2.27 bits per heavy atom. The summed E-state index contributed by atoms with van der Waals surface area (Å²) in [6.45, 7) is 7.08. The number of hydrogen-bond donors (Lipinski definition) is 1. The van der Waals surface area contributed by atoms with Crippen molar-refractivity contribution in [1.82, 2.24) is 15.5 Å². The Morgan fingerprint density at radius 3 is 3.00 bits per heavy atom. The highest BCUT2D eigenvalue weighted by molar-refractivity contribution is 4.86. The summed E-state index contributed by atoms with van der Waals surface area (Å²) >= 11 is 0. The van der Waals surface area contributed by atoms with Gasteiger partial charge in [0.25, 0.3) is 0 Å².